The van der Waals surface area contributed by atoms with Crippen molar-refractivity contribution in [3.63, 3.8) is 0 Å². The predicted octanol–water partition coefficient (Wildman–Crippen LogP) is -2.67. The first-order valence-electron chi connectivity index (χ1n) is 25.0. The van der Waals surface area contributed by atoms with Crippen LogP contribution in [-0.4, -0.2) is 158 Å². The van der Waals surface area contributed by atoms with Crippen molar-refractivity contribution in [1.29, 1.82) is 0 Å². The van der Waals surface area contributed by atoms with Gasteiger partial charge in [0.25, 0.3) is 0 Å². The van der Waals surface area contributed by atoms with Crippen molar-refractivity contribution in [2.75, 3.05) is 6.61 Å². The normalized spacial score (nSPS) is 15.1. The van der Waals surface area contributed by atoms with E-state index in [1.807, 2.05) is 0 Å². The molecule has 77 heavy (non-hydrogen) atoms. The van der Waals surface area contributed by atoms with Crippen LogP contribution in [0.5, 0.6) is 5.75 Å². The van der Waals surface area contributed by atoms with Crippen molar-refractivity contribution in [3.05, 3.63) is 65.7 Å². The molecule has 0 unspecified atom stereocenters. The van der Waals surface area contributed by atoms with Crippen LogP contribution < -0.4 is 54.0 Å². The monoisotopic (exact) mass is 1080 g/mol. The van der Waals surface area contributed by atoms with Crippen LogP contribution in [-0.2, 0) is 65.6 Å². The molecule has 0 aromatic heterocycles. The largest absolute Gasteiger partial charge is 0.508 e. The van der Waals surface area contributed by atoms with Crippen LogP contribution in [0.25, 0.3) is 0 Å². The molecular formula is C51H76N10O16. The molecule has 0 aliphatic carbocycles. The molecule has 426 valence electrons. The lowest BCUT2D eigenvalue weighted by Gasteiger charge is -2.28. The summed E-state index contributed by atoms with van der Waals surface area (Å²) in [6.07, 6.45) is -3.88. The lowest BCUT2D eigenvalue weighted by molar-refractivity contribution is -0.143. The molecule has 0 bridgehead atoms. The minimum atomic E-state index is -1.90. The van der Waals surface area contributed by atoms with Gasteiger partial charge in [-0.3, -0.25) is 47.9 Å². The number of carboxylic acids is 2. The summed E-state index contributed by atoms with van der Waals surface area (Å²) in [6, 6.07) is -0.366. The van der Waals surface area contributed by atoms with Crippen molar-refractivity contribution in [2.24, 2.45) is 29.2 Å². The van der Waals surface area contributed by atoms with Gasteiger partial charge in [-0.15, -0.1) is 0 Å². The smallest absolute Gasteiger partial charge is 0.326 e. The quantitative estimate of drug-likeness (QED) is 0.0347. The second-order valence-electron chi connectivity index (χ2n) is 19.9. The zero-order valence-electron chi connectivity index (χ0n) is 44.2. The molecule has 0 saturated carbocycles. The third-order valence-corrected chi connectivity index (χ3v) is 11.8. The number of carbonyl (C=O) groups is 11. The number of phenols is 1. The van der Waals surface area contributed by atoms with Crippen molar-refractivity contribution >= 4 is 65.1 Å². The minimum Gasteiger partial charge on any atom is -0.508 e. The molecule has 2 aromatic carbocycles. The van der Waals surface area contributed by atoms with Crippen LogP contribution in [0.3, 0.4) is 0 Å². The number of phenolic OH excluding ortho intramolecular Hbond substituents is 1. The standard InChI is InChI=1S/C51H76N10O16/c1-25(2)19-33(44(69)54-32(17-18-39(52)65)43(68)60-38(24-62)48(73)61-42(27(5)6)50(75)59-37(51(76)77)20-26(3)4)55-45(70)34(22-30-13-15-31(64)16-14-30)56-47(72)36(23-40(66)67)57-46(71)35(21-29-11-9-8-10-12-29)58-49(74)41(53)28(7)63/h8-16,25-28,32-38,41-42,62-64H,17-24,53H2,1-7H3,(H2,52,65)(H,54,69)(H,55,70)(H,56,72)(H,57,71)(H,58,74)(H,59,75)(H,60,68)(H,61,73)(H,66,67)(H,76,77)/t28-,32+,33+,34+,35+,36+,37+,38+,41+,42+/m1/s1. The molecule has 26 nitrogen and oxygen atoms in total. The topological polar surface area (TPSA) is 437 Å². The van der Waals surface area contributed by atoms with Crippen LogP contribution in [0.1, 0.15) is 91.7 Å². The van der Waals surface area contributed by atoms with Gasteiger partial charge >= 0.3 is 11.9 Å². The molecule has 0 fully saturated rings. The van der Waals surface area contributed by atoms with E-state index in [1.54, 1.807) is 71.9 Å². The van der Waals surface area contributed by atoms with Gasteiger partial charge in [-0.05, 0) is 67.2 Å². The van der Waals surface area contributed by atoms with Crippen LogP contribution in [0.15, 0.2) is 54.6 Å². The number of amides is 9. The van der Waals surface area contributed by atoms with Crippen LogP contribution in [0, 0.1) is 17.8 Å². The Balaban J connectivity index is 2.48. The van der Waals surface area contributed by atoms with Gasteiger partial charge in [0, 0.05) is 19.3 Å². The molecule has 0 saturated heterocycles. The lowest BCUT2D eigenvalue weighted by Crippen LogP contribution is -2.61. The van der Waals surface area contributed by atoms with Crippen LogP contribution >= 0.6 is 0 Å². The summed E-state index contributed by atoms with van der Waals surface area (Å²) in [6.45, 7) is 10.2. The number of primary amides is 1. The zero-order valence-corrected chi connectivity index (χ0v) is 44.2. The van der Waals surface area contributed by atoms with E-state index in [9.17, 15) is 78.3 Å². The summed E-state index contributed by atoms with van der Waals surface area (Å²) in [5.41, 5.74) is 12.1. The van der Waals surface area contributed by atoms with Gasteiger partial charge < -0.3 is 79.5 Å². The van der Waals surface area contributed by atoms with Crippen LogP contribution in [0.2, 0.25) is 0 Å². The summed E-state index contributed by atoms with van der Waals surface area (Å²) in [7, 11) is 0. The fraction of sp³-hybridized carbons (Fsp3) is 0.549. The van der Waals surface area contributed by atoms with E-state index in [-0.39, 0.29) is 43.3 Å². The van der Waals surface area contributed by atoms with E-state index in [2.05, 4.69) is 42.5 Å². The molecule has 0 aliphatic heterocycles. The average molecular weight is 1090 g/mol. The predicted molar refractivity (Wildman–Crippen MR) is 276 cm³/mol. The molecule has 0 spiro atoms. The zero-order chi connectivity index (χ0) is 58.3. The Morgan fingerprint density at radius 2 is 0.922 bits per heavy atom. The van der Waals surface area contributed by atoms with Crippen molar-refractivity contribution in [3.8, 4) is 5.75 Å². The third-order valence-electron chi connectivity index (χ3n) is 11.8. The van der Waals surface area contributed by atoms with Crippen molar-refractivity contribution in [1.82, 2.24) is 42.5 Å². The Morgan fingerprint density at radius 1 is 0.506 bits per heavy atom. The highest BCUT2D eigenvalue weighted by atomic mass is 16.4. The van der Waals surface area contributed by atoms with Gasteiger partial charge in [0.15, 0.2) is 0 Å². The third kappa shape index (κ3) is 23.4. The summed E-state index contributed by atoms with van der Waals surface area (Å²) in [5, 5.41) is 68.9. The van der Waals surface area contributed by atoms with Gasteiger partial charge in [0.05, 0.1) is 19.1 Å². The van der Waals surface area contributed by atoms with Gasteiger partial charge in [0.1, 0.15) is 60.1 Å². The Hall–Kier alpha value is -7.71. The number of aliphatic hydroxyl groups is 2. The highest BCUT2D eigenvalue weighted by Gasteiger charge is 2.37. The molecule has 9 amide bonds. The van der Waals surface area contributed by atoms with E-state index < -0.39 is 157 Å². The van der Waals surface area contributed by atoms with E-state index >= 15 is 0 Å². The molecule has 10 atom stereocenters. The minimum absolute atomic E-state index is 0.0764. The number of nitrogens with two attached hydrogens (primary N) is 2. The first-order chi connectivity index (χ1) is 36.0. The number of nitrogens with one attached hydrogen (secondary N) is 8. The van der Waals surface area contributed by atoms with Crippen molar-refractivity contribution < 1.29 is 78.3 Å². The number of aromatic hydroxyl groups is 1. The summed E-state index contributed by atoms with van der Waals surface area (Å²) >= 11 is 0. The summed E-state index contributed by atoms with van der Waals surface area (Å²) < 4.78 is 0. The second-order valence-corrected chi connectivity index (χ2v) is 19.9. The number of hydrogen-bond donors (Lipinski definition) is 15. The number of benzene rings is 2. The maximum atomic E-state index is 14.4. The summed E-state index contributed by atoms with van der Waals surface area (Å²) in [4.78, 5) is 146. The van der Waals surface area contributed by atoms with Gasteiger partial charge in [0.2, 0.25) is 53.2 Å². The number of aliphatic hydroxyl groups excluding tert-OH is 2. The second kappa shape index (κ2) is 32.0. The highest BCUT2D eigenvalue weighted by molar-refractivity contribution is 5.99. The molecule has 0 aliphatic rings. The number of hydrogen-bond acceptors (Lipinski definition) is 15. The van der Waals surface area contributed by atoms with Crippen LogP contribution in [0.4, 0.5) is 0 Å². The molecule has 0 radical (unpaired) electrons. The first kappa shape index (κ1) is 65.4. The molecule has 17 N–H and O–H groups in total. The van der Waals surface area contributed by atoms with Gasteiger partial charge in [-0.25, -0.2) is 4.79 Å². The fourth-order valence-corrected chi connectivity index (χ4v) is 7.56. The van der Waals surface area contributed by atoms with E-state index in [0.29, 0.717) is 11.1 Å². The SMILES string of the molecule is CC(C)C[C@H](NC(=O)[C@@H](NC(=O)[C@H](CO)NC(=O)[C@H](CCC(N)=O)NC(=O)[C@H](CC(C)C)NC(=O)[C@H](Cc1ccc(O)cc1)NC(=O)[C@H](CC(=O)O)NC(=O)[C@H](Cc1ccccc1)NC(=O)[C@@H](N)[C@@H](C)O)C(C)C)C(=O)O. The fourth-order valence-electron chi connectivity index (χ4n) is 7.56. The number of carboxylic acid groups (broad SMARTS) is 2. The van der Waals surface area contributed by atoms with Gasteiger partial charge in [-0.1, -0.05) is 84.0 Å². The maximum Gasteiger partial charge on any atom is 0.326 e. The molecule has 2 aromatic rings. The summed E-state index contributed by atoms with van der Waals surface area (Å²) in [5.74, 6) is -13.3. The number of carbonyl (C=O) groups excluding carboxylic acids is 9. The molecule has 26 heteroatoms. The number of aliphatic carboxylic acids is 2. The van der Waals surface area contributed by atoms with E-state index in [0.717, 1.165) is 0 Å². The Morgan fingerprint density at radius 3 is 1.40 bits per heavy atom. The van der Waals surface area contributed by atoms with E-state index in [4.69, 9.17) is 11.5 Å². The molecule has 0 heterocycles. The lowest BCUT2D eigenvalue weighted by atomic mass is 9.99. The maximum absolute atomic E-state index is 14.4. The molecular weight excluding hydrogens is 1010 g/mol. The highest BCUT2D eigenvalue weighted by Crippen LogP contribution is 2.15. The van der Waals surface area contributed by atoms with Crippen molar-refractivity contribution in [2.45, 2.75) is 154 Å². The average Bonchev–Trinajstić information content (AvgIpc) is 3.34. The Labute approximate surface area is 446 Å². The van der Waals surface area contributed by atoms with E-state index in [1.165, 1.54) is 31.2 Å². The Kier molecular flexibility index (Phi) is 27.2. The van der Waals surface area contributed by atoms with Gasteiger partial charge in [-0.2, -0.15) is 0 Å². The molecule has 2 rings (SSSR count). The number of rotatable bonds is 33. The Bertz CT molecular complexity index is 2350. The first-order valence-corrected chi connectivity index (χ1v) is 25.0.